The number of benzene rings is 4. The molecule has 0 saturated heterocycles. The van der Waals surface area contributed by atoms with Crippen LogP contribution >= 0.6 is 23.2 Å². The van der Waals surface area contributed by atoms with Gasteiger partial charge in [-0.2, -0.15) is 10.2 Å². The van der Waals surface area contributed by atoms with Crippen molar-refractivity contribution in [3.63, 3.8) is 0 Å². The first-order valence-corrected chi connectivity index (χ1v) is 27.3. The number of nitrogens with zero attached hydrogens (tertiary/aromatic N) is 10. The van der Waals surface area contributed by atoms with Gasteiger partial charge in [0.15, 0.2) is 34.5 Å². The number of nitrogens with two attached hydrogens (primary N) is 1. The molecule has 89 heavy (non-hydrogen) atoms. The van der Waals surface area contributed by atoms with Crippen molar-refractivity contribution in [1.29, 1.82) is 0 Å². The summed E-state index contributed by atoms with van der Waals surface area (Å²) in [5.74, 6) is 1.48. The summed E-state index contributed by atoms with van der Waals surface area (Å²) in [6.07, 6.45) is 14.7. The predicted octanol–water partition coefficient (Wildman–Crippen LogP) is 11.4. The Labute approximate surface area is 516 Å². The number of pyridine rings is 2. The Balaban J connectivity index is 0.000000191. The Kier molecular flexibility index (Phi) is 22.0. The summed E-state index contributed by atoms with van der Waals surface area (Å²) < 4.78 is 51.0. The van der Waals surface area contributed by atoms with E-state index in [-0.39, 0.29) is 58.9 Å². The molecule has 452 valence electrons. The number of ketones is 1. The minimum absolute atomic E-state index is 0.152. The smallest absolute Gasteiger partial charge is 0.360 e. The van der Waals surface area contributed by atoms with Crippen LogP contribution in [-0.2, 0) is 32.6 Å². The summed E-state index contributed by atoms with van der Waals surface area (Å²) >= 11 is 12.9. The summed E-state index contributed by atoms with van der Waals surface area (Å²) in [5.41, 5.74) is 6.64. The van der Waals surface area contributed by atoms with Gasteiger partial charge in [-0.05, 0) is 70.8 Å². The van der Waals surface area contributed by atoms with Crippen molar-refractivity contribution in [2.24, 2.45) is 0 Å². The molecular weight excluding hydrogens is 1190 g/mol. The van der Waals surface area contributed by atoms with Crippen molar-refractivity contribution >= 4 is 52.5 Å². The molecule has 0 aliphatic rings. The minimum Gasteiger partial charge on any atom is -0.497 e. The van der Waals surface area contributed by atoms with Crippen LogP contribution in [0, 0.1) is 11.6 Å². The molecule has 22 nitrogen and oxygen atoms in total. The normalized spacial score (nSPS) is 10.5. The largest absolute Gasteiger partial charge is 0.497 e. The highest BCUT2D eigenvalue weighted by Gasteiger charge is 2.21. The number of carboxylic acid groups (broad SMARTS) is 1. The van der Waals surface area contributed by atoms with Crippen LogP contribution in [0.1, 0.15) is 37.9 Å². The number of hydrogen-bond acceptors (Lipinski definition) is 19. The van der Waals surface area contributed by atoms with Gasteiger partial charge in [0.25, 0.3) is 0 Å². The lowest BCUT2D eigenvalue weighted by atomic mass is 10.0. The van der Waals surface area contributed by atoms with E-state index in [2.05, 4.69) is 63.9 Å². The first-order valence-electron chi connectivity index (χ1n) is 26.5. The number of allylic oxidation sites excluding steroid dienone is 2. The van der Waals surface area contributed by atoms with Crippen molar-refractivity contribution in [3.05, 3.63) is 255 Å². The number of nitrogen functional groups attached to an aromatic ring is 1. The molecule has 6 aromatic heterocycles. The van der Waals surface area contributed by atoms with E-state index in [0.717, 1.165) is 22.6 Å². The summed E-state index contributed by atoms with van der Waals surface area (Å²) in [6, 6.07) is 29.2. The lowest BCUT2D eigenvalue weighted by molar-refractivity contribution is 0.0685. The average Bonchev–Trinajstić information content (AvgIpc) is 3.18. The molecule has 10 rings (SSSR count). The predicted molar refractivity (Wildman–Crippen MR) is 331 cm³/mol. The second-order valence-electron chi connectivity index (χ2n) is 18.5. The zero-order valence-corrected chi connectivity index (χ0v) is 48.9. The molecule has 0 saturated carbocycles. The standard InChI is InChI=1S/C32H26ClFN6O4.C17H16ClN5O2.C14H11FN2O3/c1-3-14-40-19-25(21-6-8-22(34)9-7-21)31(42)30(39-40)26(41)15-28-36-17-24(18-37-28)44-27-12-13-35-32(29(27)33)38-16-20-4-10-23(43-2)11-5-20;1-24-12-4-2-11(3-5-12)8-21-16-15(18)14(6-7-20-16)25-13-9-22-17(19)23-10-13;1-2-7-17-8-11(9-3-5-10(15)6-4-9)13(18)12(16-17)14(19)20/h3-13,17-19H,1,14-16H2,2H3,(H,35,38);2-7,9-10H,8H2,1H3,(H,20,21)(H2,19,22,23);2-6,8H,1,7H2,(H,19,20). The number of carbonyl (C=O) groups is 2. The van der Waals surface area contributed by atoms with Gasteiger partial charge in [0, 0.05) is 61.1 Å². The molecule has 6 heterocycles. The van der Waals surface area contributed by atoms with Gasteiger partial charge in [0.2, 0.25) is 22.5 Å². The maximum absolute atomic E-state index is 13.4. The van der Waals surface area contributed by atoms with Gasteiger partial charge in [-0.1, -0.05) is 83.9 Å². The summed E-state index contributed by atoms with van der Waals surface area (Å²) in [6.45, 7) is 8.77. The van der Waals surface area contributed by atoms with Crippen LogP contribution in [-0.4, -0.2) is 80.5 Å². The van der Waals surface area contributed by atoms with E-state index >= 15 is 0 Å². The second kappa shape index (κ2) is 30.7. The third-order valence-corrected chi connectivity index (χ3v) is 13.1. The first-order chi connectivity index (χ1) is 43.0. The van der Waals surface area contributed by atoms with E-state index in [0.29, 0.717) is 58.1 Å². The lowest BCUT2D eigenvalue weighted by Crippen LogP contribution is -2.25. The molecule has 0 radical (unpaired) electrons. The number of aromatic nitrogens is 10. The van der Waals surface area contributed by atoms with Crippen molar-refractivity contribution in [3.8, 4) is 56.8 Å². The number of ether oxygens (including phenoxy) is 4. The number of methoxy groups -OCH3 is 2. The summed E-state index contributed by atoms with van der Waals surface area (Å²) in [5, 5.41) is 23.9. The van der Waals surface area contributed by atoms with E-state index in [1.165, 1.54) is 101 Å². The number of aromatic carboxylic acids is 1. The van der Waals surface area contributed by atoms with Crippen molar-refractivity contribution < 1.29 is 42.4 Å². The van der Waals surface area contributed by atoms with Crippen LogP contribution in [0.5, 0.6) is 34.5 Å². The third-order valence-electron chi connectivity index (χ3n) is 12.4. The molecule has 0 aliphatic heterocycles. The van der Waals surface area contributed by atoms with Crippen molar-refractivity contribution in [2.45, 2.75) is 32.6 Å². The first kappa shape index (κ1) is 63.8. The molecule has 0 unspecified atom stereocenters. The molecular formula is C63H53Cl2F2N13O9. The Morgan fingerprint density at radius 2 is 0.989 bits per heavy atom. The van der Waals surface area contributed by atoms with Gasteiger partial charge in [-0.15, -0.1) is 13.2 Å². The zero-order valence-electron chi connectivity index (χ0n) is 47.4. The fourth-order valence-electron chi connectivity index (χ4n) is 7.98. The van der Waals surface area contributed by atoms with E-state index in [1.54, 1.807) is 44.8 Å². The molecule has 0 atom stereocenters. The van der Waals surface area contributed by atoms with Crippen LogP contribution in [0.25, 0.3) is 22.3 Å². The van der Waals surface area contributed by atoms with Gasteiger partial charge >= 0.3 is 5.97 Å². The van der Waals surface area contributed by atoms with E-state index in [9.17, 15) is 28.0 Å². The molecule has 0 amide bonds. The average molecular weight is 1250 g/mol. The molecule has 0 spiro atoms. The number of halogens is 4. The van der Waals surface area contributed by atoms with Gasteiger partial charge < -0.3 is 40.4 Å². The highest BCUT2D eigenvalue weighted by atomic mass is 35.5. The zero-order chi connectivity index (χ0) is 63.4. The number of carbonyl (C=O) groups excluding carboxylic acids is 1. The number of Topliss-reactive ketones (excluding diaryl/α,β-unsaturated/α-hetero) is 1. The molecule has 10 aromatic rings. The second-order valence-corrected chi connectivity index (χ2v) is 19.3. The van der Waals surface area contributed by atoms with Crippen LogP contribution in [0.2, 0.25) is 10.0 Å². The number of carboxylic acids is 1. The van der Waals surface area contributed by atoms with Crippen molar-refractivity contribution in [2.75, 3.05) is 30.6 Å². The van der Waals surface area contributed by atoms with Gasteiger partial charge in [-0.25, -0.2) is 43.5 Å². The molecule has 0 bridgehead atoms. The van der Waals surface area contributed by atoms with E-state index < -0.39 is 39.9 Å². The number of anilines is 3. The monoisotopic (exact) mass is 1240 g/mol. The molecule has 0 aliphatic carbocycles. The fourth-order valence-corrected chi connectivity index (χ4v) is 8.42. The Bertz CT molecular complexity index is 4230. The Hall–Kier alpha value is -11.2. The van der Waals surface area contributed by atoms with Crippen LogP contribution in [0.15, 0.2) is 194 Å². The highest BCUT2D eigenvalue weighted by molar-refractivity contribution is 6.34. The van der Waals surface area contributed by atoms with Crippen LogP contribution in [0.3, 0.4) is 0 Å². The minimum atomic E-state index is -1.41. The maximum Gasteiger partial charge on any atom is 0.360 e. The van der Waals surface area contributed by atoms with E-state index in [4.69, 9.17) is 53.0 Å². The Morgan fingerprint density at radius 3 is 1.39 bits per heavy atom. The van der Waals surface area contributed by atoms with Crippen LogP contribution in [0.4, 0.5) is 26.4 Å². The molecule has 0 fully saturated rings. The molecule has 5 N–H and O–H groups in total. The Morgan fingerprint density at radius 1 is 0.584 bits per heavy atom. The molecule has 26 heteroatoms. The maximum atomic E-state index is 13.4. The van der Waals surface area contributed by atoms with Gasteiger partial charge in [-0.3, -0.25) is 23.7 Å². The quantitative estimate of drug-likeness (QED) is 0.0362. The van der Waals surface area contributed by atoms with Crippen LogP contribution < -0.4 is 46.2 Å². The van der Waals surface area contributed by atoms with E-state index in [1.807, 2.05) is 48.5 Å². The summed E-state index contributed by atoms with van der Waals surface area (Å²) in [7, 11) is 3.24. The topological polar surface area (TPSA) is 288 Å². The number of rotatable bonds is 22. The number of nitrogens with one attached hydrogen (secondary N) is 2. The number of hydrogen-bond donors (Lipinski definition) is 4. The summed E-state index contributed by atoms with van der Waals surface area (Å²) in [4.78, 5) is 74.2. The molecule has 4 aromatic carbocycles. The highest BCUT2D eigenvalue weighted by Crippen LogP contribution is 2.35. The SMILES string of the molecule is C=CCn1cc(-c2ccc(F)cc2)c(=O)c(C(=O)Cc2ncc(Oc3ccnc(NCc4ccc(OC)cc4)c3Cl)cn2)n1.C=CCn1cc(-c2ccc(F)cc2)c(=O)c(C(=O)O)n1.COc1ccc(CNc2nccc(Oc3cnc(N)nc3)c2Cl)cc1. The lowest BCUT2D eigenvalue weighted by Gasteiger charge is -2.12. The van der Waals surface area contributed by atoms with Gasteiger partial charge in [0.05, 0.1) is 58.5 Å². The fraction of sp³-hybridized carbons (Fsp3) is 0.111. The third kappa shape index (κ3) is 17.5. The van der Waals surface area contributed by atoms with Crippen molar-refractivity contribution in [1.82, 2.24) is 49.5 Å². The van der Waals surface area contributed by atoms with Gasteiger partial charge in [0.1, 0.15) is 50.6 Å².